The molecule has 0 aliphatic rings. The predicted molar refractivity (Wildman–Crippen MR) is 85.6 cm³/mol. The highest BCUT2D eigenvalue weighted by Gasteiger charge is 2.16. The summed E-state index contributed by atoms with van der Waals surface area (Å²) in [6.07, 6.45) is 0. The van der Waals surface area contributed by atoms with Crippen molar-refractivity contribution in [2.75, 3.05) is 11.9 Å². The maximum Gasteiger partial charge on any atom is 0.341 e. The second-order valence-electron chi connectivity index (χ2n) is 4.81. The molecule has 0 saturated heterocycles. The van der Waals surface area contributed by atoms with E-state index < -0.39 is 24.5 Å². The molecule has 2 aromatic rings. The van der Waals surface area contributed by atoms with Gasteiger partial charge in [-0.3, -0.25) is 4.79 Å². The highest BCUT2D eigenvalue weighted by atomic mass is 16.5. The standard InChI is InChI=1S/C17H12N2O6/c18-8-10-7-11(5-6-14(10)25-9-15(20)21)19-16(22)12-3-1-2-4-13(12)17(23)24/h1-7H,9H2,(H,19,22)(H,20,21)(H,23,24). The molecule has 126 valence electrons. The number of carboxylic acid groups (broad SMARTS) is 2. The van der Waals surface area contributed by atoms with Crippen molar-refractivity contribution in [3.8, 4) is 11.8 Å². The predicted octanol–water partition coefficient (Wildman–Crippen LogP) is 1.97. The van der Waals surface area contributed by atoms with Crippen molar-refractivity contribution in [3.05, 3.63) is 59.2 Å². The second kappa shape index (κ2) is 7.61. The molecule has 0 unspecified atom stereocenters. The summed E-state index contributed by atoms with van der Waals surface area (Å²) in [4.78, 5) is 34.0. The van der Waals surface area contributed by atoms with E-state index in [2.05, 4.69) is 5.32 Å². The Labute approximate surface area is 141 Å². The summed E-state index contributed by atoms with van der Waals surface area (Å²) in [5.74, 6) is -3.01. The van der Waals surface area contributed by atoms with Gasteiger partial charge in [0.05, 0.1) is 16.7 Å². The molecule has 25 heavy (non-hydrogen) atoms. The molecule has 0 spiro atoms. The van der Waals surface area contributed by atoms with Crippen molar-refractivity contribution in [3.63, 3.8) is 0 Å². The van der Waals surface area contributed by atoms with Gasteiger partial charge in [0, 0.05) is 5.69 Å². The van der Waals surface area contributed by atoms with Gasteiger partial charge < -0.3 is 20.3 Å². The van der Waals surface area contributed by atoms with Gasteiger partial charge in [-0.1, -0.05) is 12.1 Å². The van der Waals surface area contributed by atoms with Crippen LogP contribution in [0.1, 0.15) is 26.3 Å². The van der Waals surface area contributed by atoms with E-state index >= 15 is 0 Å². The van der Waals surface area contributed by atoms with Gasteiger partial charge in [0.2, 0.25) is 0 Å². The van der Waals surface area contributed by atoms with E-state index in [9.17, 15) is 14.4 Å². The van der Waals surface area contributed by atoms with Crippen molar-refractivity contribution in [2.45, 2.75) is 0 Å². The number of carbonyl (C=O) groups excluding carboxylic acids is 1. The smallest absolute Gasteiger partial charge is 0.341 e. The number of ether oxygens (including phenoxy) is 1. The lowest BCUT2D eigenvalue weighted by atomic mass is 10.1. The minimum absolute atomic E-state index is 0.0280. The summed E-state index contributed by atoms with van der Waals surface area (Å²) in [6, 6.07) is 11.6. The lowest BCUT2D eigenvalue weighted by Gasteiger charge is -2.10. The van der Waals surface area contributed by atoms with Gasteiger partial charge in [0.1, 0.15) is 11.8 Å². The third-order valence-corrected chi connectivity index (χ3v) is 3.11. The van der Waals surface area contributed by atoms with Crippen LogP contribution in [0.25, 0.3) is 0 Å². The highest BCUT2D eigenvalue weighted by Crippen LogP contribution is 2.23. The van der Waals surface area contributed by atoms with Gasteiger partial charge >= 0.3 is 11.9 Å². The van der Waals surface area contributed by atoms with Crippen LogP contribution in [0.4, 0.5) is 5.69 Å². The molecule has 0 heterocycles. The number of aromatic carboxylic acids is 1. The van der Waals surface area contributed by atoms with E-state index in [4.69, 9.17) is 20.2 Å². The first-order valence-electron chi connectivity index (χ1n) is 6.94. The number of benzene rings is 2. The maximum atomic E-state index is 12.3. The van der Waals surface area contributed by atoms with Crippen molar-refractivity contribution >= 4 is 23.5 Å². The van der Waals surface area contributed by atoms with Crippen molar-refractivity contribution in [1.29, 1.82) is 5.26 Å². The lowest BCUT2D eigenvalue weighted by Crippen LogP contribution is -2.16. The van der Waals surface area contributed by atoms with Crippen molar-refractivity contribution < 1.29 is 29.3 Å². The number of anilines is 1. The number of amides is 1. The Morgan fingerprint density at radius 3 is 2.36 bits per heavy atom. The minimum atomic E-state index is -1.24. The summed E-state index contributed by atoms with van der Waals surface area (Å²) in [6.45, 7) is -0.605. The molecule has 3 N–H and O–H groups in total. The number of carboxylic acids is 2. The van der Waals surface area contributed by atoms with Gasteiger partial charge in [-0.2, -0.15) is 5.26 Å². The van der Waals surface area contributed by atoms with E-state index in [0.29, 0.717) is 0 Å². The fraction of sp³-hybridized carbons (Fsp3) is 0.0588. The zero-order valence-corrected chi connectivity index (χ0v) is 12.7. The zero-order valence-electron chi connectivity index (χ0n) is 12.7. The summed E-state index contributed by atoms with van der Waals surface area (Å²) >= 11 is 0. The average molecular weight is 340 g/mol. The lowest BCUT2D eigenvalue weighted by molar-refractivity contribution is -0.139. The molecule has 0 aliphatic heterocycles. The molecule has 8 nitrogen and oxygen atoms in total. The molecule has 0 aliphatic carbocycles. The molecule has 0 saturated carbocycles. The Morgan fingerprint density at radius 2 is 1.76 bits per heavy atom. The van der Waals surface area contributed by atoms with Gasteiger partial charge in [-0.25, -0.2) is 9.59 Å². The minimum Gasteiger partial charge on any atom is -0.481 e. The largest absolute Gasteiger partial charge is 0.481 e. The number of hydrogen-bond donors (Lipinski definition) is 3. The number of nitriles is 1. The Hall–Kier alpha value is -3.86. The molecule has 0 radical (unpaired) electrons. The molecule has 8 heteroatoms. The van der Waals surface area contributed by atoms with Crippen molar-refractivity contribution in [1.82, 2.24) is 0 Å². The number of aliphatic carboxylic acids is 1. The topological polar surface area (TPSA) is 137 Å². The third-order valence-electron chi connectivity index (χ3n) is 3.11. The van der Waals surface area contributed by atoms with E-state index in [-0.39, 0.29) is 28.1 Å². The van der Waals surface area contributed by atoms with E-state index in [1.165, 1.54) is 42.5 Å². The van der Waals surface area contributed by atoms with Crippen LogP contribution in [-0.2, 0) is 4.79 Å². The quantitative estimate of drug-likeness (QED) is 0.731. The summed E-state index contributed by atoms with van der Waals surface area (Å²) in [5.41, 5.74) is 0.0941. The van der Waals surface area contributed by atoms with Crippen LogP contribution in [0.5, 0.6) is 5.75 Å². The van der Waals surface area contributed by atoms with Gasteiger partial charge in [0.25, 0.3) is 5.91 Å². The van der Waals surface area contributed by atoms with E-state index in [0.717, 1.165) is 0 Å². The average Bonchev–Trinajstić information content (AvgIpc) is 2.60. The van der Waals surface area contributed by atoms with Gasteiger partial charge in [-0.05, 0) is 30.3 Å². The van der Waals surface area contributed by atoms with Crippen molar-refractivity contribution in [2.24, 2.45) is 0 Å². The first-order chi connectivity index (χ1) is 11.9. The van der Waals surface area contributed by atoms with Crippen LogP contribution in [0.3, 0.4) is 0 Å². The van der Waals surface area contributed by atoms with Crippen LogP contribution in [0.2, 0.25) is 0 Å². The Morgan fingerprint density at radius 1 is 1.08 bits per heavy atom. The number of rotatable bonds is 6. The SMILES string of the molecule is N#Cc1cc(NC(=O)c2ccccc2C(=O)O)ccc1OCC(=O)O. The monoisotopic (exact) mass is 340 g/mol. The molecular weight excluding hydrogens is 328 g/mol. The summed E-state index contributed by atoms with van der Waals surface area (Å²) < 4.78 is 4.97. The van der Waals surface area contributed by atoms with Crippen LogP contribution in [0.15, 0.2) is 42.5 Å². The molecule has 0 atom stereocenters. The first kappa shape index (κ1) is 17.5. The van der Waals surface area contributed by atoms with Crippen LogP contribution < -0.4 is 10.1 Å². The summed E-state index contributed by atoms with van der Waals surface area (Å²) in [5, 5.41) is 29.3. The van der Waals surface area contributed by atoms with E-state index in [1.807, 2.05) is 6.07 Å². The Bertz CT molecular complexity index is 885. The molecule has 2 rings (SSSR count). The Kier molecular flexibility index (Phi) is 5.32. The molecule has 0 aromatic heterocycles. The third kappa shape index (κ3) is 4.33. The molecule has 2 aromatic carbocycles. The number of nitrogens with zero attached hydrogens (tertiary/aromatic N) is 1. The Balaban J connectivity index is 2.23. The highest BCUT2D eigenvalue weighted by molar-refractivity contribution is 6.10. The maximum absolute atomic E-state index is 12.3. The fourth-order valence-corrected chi connectivity index (χ4v) is 2.03. The number of carbonyl (C=O) groups is 3. The number of hydrogen-bond acceptors (Lipinski definition) is 5. The first-order valence-corrected chi connectivity index (χ1v) is 6.94. The van der Waals surface area contributed by atoms with Gasteiger partial charge in [-0.15, -0.1) is 0 Å². The van der Waals surface area contributed by atoms with E-state index in [1.54, 1.807) is 0 Å². The number of nitrogens with one attached hydrogen (secondary N) is 1. The second-order valence-corrected chi connectivity index (χ2v) is 4.81. The zero-order chi connectivity index (χ0) is 18.4. The summed E-state index contributed by atoms with van der Waals surface area (Å²) in [7, 11) is 0. The molecule has 1 amide bonds. The van der Waals surface area contributed by atoms with Crippen LogP contribution in [-0.4, -0.2) is 34.7 Å². The molecule has 0 fully saturated rings. The van der Waals surface area contributed by atoms with Gasteiger partial charge in [0.15, 0.2) is 6.61 Å². The fourth-order valence-electron chi connectivity index (χ4n) is 2.03. The molecule has 0 bridgehead atoms. The van der Waals surface area contributed by atoms with Crippen LogP contribution >= 0.6 is 0 Å². The van der Waals surface area contributed by atoms with Crippen LogP contribution in [0, 0.1) is 11.3 Å². The molecular formula is C17H12N2O6. The normalized spacial score (nSPS) is 9.72.